The predicted octanol–water partition coefficient (Wildman–Crippen LogP) is 0.121. The van der Waals surface area contributed by atoms with Crippen molar-refractivity contribution in [3.63, 3.8) is 0 Å². The Morgan fingerprint density at radius 3 is 2.61 bits per heavy atom. The first kappa shape index (κ1) is 27.2. The molecule has 1 aliphatic heterocycles. The summed E-state index contributed by atoms with van der Waals surface area (Å²) in [4.78, 5) is 55.0. The van der Waals surface area contributed by atoms with Crippen LogP contribution in [0.5, 0.6) is 0 Å². The summed E-state index contributed by atoms with van der Waals surface area (Å²) in [5, 5.41) is 24.3. The van der Waals surface area contributed by atoms with Gasteiger partial charge < -0.3 is 36.5 Å². The Hall–Kier alpha value is -3.44. The first-order valence-corrected chi connectivity index (χ1v) is 12.2. The average molecular weight is 502 g/mol. The highest BCUT2D eigenvalue weighted by Crippen LogP contribution is 2.22. The fourth-order valence-corrected chi connectivity index (χ4v) is 4.54. The van der Waals surface area contributed by atoms with E-state index in [0.29, 0.717) is 32.2 Å². The second-order valence-corrected chi connectivity index (χ2v) is 9.31. The van der Waals surface area contributed by atoms with E-state index in [9.17, 15) is 24.3 Å². The van der Waals surface area contributed by atoms with Crippen LogP contribution in [0.2, 0.25) is 0 Å². The Labute approximate surface area is 209 Å². The van der Waals surface area contributed by atoms with E-state index in [0.717, 1.165) is 16.5 Å². The largest absolute Gasteiger partial charge is 0.480 e. The van der Waals surface area contributed by atoms with Gasteiger partial charge in [-0.15, -0.1) is 0 Å². The number of benzene rings is 1. The topological polar surface area (TPSA) is 178 Å². The highest BCUT2D eigenvalue weighted by Gasteiger charge is 2.39. The van der Waals surface area contributed by atoms with Gasteiger partial charge in [0.05, 0.1) is 12.6 Å². The fourth-order valence-electron chi connectivity index (χ4n) is 4.54. The first-order chi connectivity index (χ1) is 17.2. The highest BCUT2D eigenvalue weighted by molar-refractivity contribution is 5.95. The third-order valence-corrected chi connectivity index (χ3v) is 6.86. The number of hydrogen-bond donors (Lipinski definition) is 6. The van der Waals surface area contributed by atoms with Crippen LogP contribution in [0.1, 0.15) is 38.7 Å². The van der Waals surface area contributed by atoms with Crippen LogP contribution >= 0.6 is 0 Å². The van der Waals surface area contributed by atoms with Crippen LogP contribution in [0.3, 0.4) is 0 Å². The van der Waals surface area contributed by atoms with Crippen molar-refractivity contribution in [2.24, 2.45) is 11.7 Å². The number of likely N-dealkylation sites (tertiary alicyclic amines) is 1. The van der Waals surface area contributed by atoms with Crippen LogP contribution in [0.15, 0.2) is 30.5 Å². The number of H-pyrrole nitrogens is 1. The average Bonchev–Trinajstić information content (AvgIpc) is 3.52. The van der Waals surface area contributed by atoms with Crippen molar-refractivity contribution >= 4 is 34.6 Å². The minimum absolute atomic E-state index is 0.309. The van der Waals surface area contributed by atoms with E-state index in [1.54, 1.807) is 6.92 Å². The number of aromatic nitrogens is 1. The minimum atomic E-state index is -1.48. The van der Waals surface area contributed by atoms with Gasteiger partial charge in [0.2, 0.25) is 17.7 Å². The second-order valence-electron chi connectivity index (χ2n) is 9.31. The van der Waals surface area contributed by atoms with Gasteiger partial charge in [-0.05, 0) is 36.8 Å². The van der Waals surface area contributed by atoms with Crippen LogP contribution in [-0.4, -0.2) is 81.1 Å². The van der Waals surface area contributed by atoms with Gasteiger partial charge in [0.15, 0.2) is 0 Å². The van der Waals surface area contributed by atoms with Crippen LogP contribution in [0.25, 0.3) is 10.9 Å². The summed E-state index contributed by atoms with van der Waals surface area (Å²) in [6.07, 6.45) is 3.73. The van der Waals surface area contributed by atoms with Crippen molar-refractivity contribution in [3.8, 4) is 0 Å². The molecule has 1 saturated heterocycles. The molecule has 2 aromatic rings. The summed E-state index contributed by atoms with van der Waals surface area (Å²) in [7, 11) is 0. The molecule has 0 saturated carbocycles. The number of aliphatic hydroxyl groups is 1. The number of rotatable bonds is 11. The lowest BCUT2D eigenvalue weighted by Crippen LogP contribution is -2.58. The summed E-state index contributed by atoms with van der Waals surface area (Å²) in [5.41, 5.74) is 8.14. The second kappa shape index (κ2) is 12.0. The molecule has 0 radical (unpaired) electrons. The summed E-state index contributed by atoms with van der Waals surface area (Å²) in [5.74, 6) is -3.22. The normalized spacial score (nSPS) is 18.9. The molecule has 36 heavy (non-hydrogen) atoms. The van der Waals surface area contributed by atoms with Crippen molar-refractivity contribution in [2.45, 2.75) is 63.7 Å². The maximum Gasteiger partial charge on any atom is 0.328 e. The number of aromatic amines is 1. The predicted molar refractivity (Wildman–Crippen MR) is 133 cm³/mol. The lowest BCUT2D eigenvalue weighted by molar-refractivity contribution is -0.144. The zero-order valence-electron chi connectivity index (χ0n) is 20.6. The fraction of sp³-hybridized carbons (Fsp3) is 0.520. The molecule has 0 spiro atoms. The van der Waals surface area contributed by atoms with E-state index >= 15 is 0 Å². The molecule has 0 bridgehead atoms. The number of carbonyl (C=O) groups excluding carboxylic acids is 3. The van der Waals surface area contributed by atoms with Gasteiger partial charge in [0, 0.05) is 23.6 Å². The van der Waals surface area contributed by atoms with Gasteiger partial charge in [-0.3, -0.25) is 14.4 Å². The van der Waals surface area contributed by atoms with Crippen LogP contribution in [0, 0.1) is 5.92 Å². The molecule has 3 rings (SSSR count). The van der Waals surface area contributed by atoms with E-state index in [1.165, 1.54) is 4.90 Å². The van der Waals surface area contributed by atoms with Gasteiger partial charge >= 0.3 is 5.97 Å². The number of aliphatic hydroxyl groups excluding tert-OH is 1. The van der Waals surface area contributed by atoms with E-state index in [4.69, 9.17) is 10.8 Å². The zero-order valence-corrected chi connectivity index (χ0v) is 20.6. The number of nitrogens with two attached hydrogens (primary N) is 1. The number of nitrogens with zero attached hydrogens (tertiary/aromatic N) is 1. The number of amides is 3. The Kier molecular flexibility index (Phi) is 9.05. The lowest BCUT2D eigenvalue weighted by atomic mass is 9.97. The van der Waals surface area contributed by atoms with Gasteiger partial charge in [0.1, 0.15) is 18.1 Å². The molecule has 5 unspecified atom stereocenters. The monoisotopic (exact) mass is 501 g/mol. The molecular formula is C25H35N5O6. The molecule has 1 aromatic heterocycles. The number of carboxylic acid groups (broad SMARTS) is 1. The minimum Gasteiger partial charge on any atom is -0.480 e. The molecule has 7 N–H and O–H groups in total. The molecule has 196 valence electrons. The van der Waals surface area contributed by atoms with Crippen molar-refractivity contribution in [1.82, 2.24) is 20.5 Å². The van der Waals surface area contributed by atoms with E-state index in [-0.39, 0.29) is 11.8 Å². The third kappa shape index (κ3) is 6.03. The molecule has 1 aliphatic rings. The van der Waals surface area contributed by atoms with Crippen molar-refractivity contribution in [1.29, 1.82) is 0 Å². The van der Waals surface area contributed by atoms with Gasteiger partial charge in [-0.25, -0.2) is 4.79 Å². The molecule has 2 heterocycles. The van der Waals surface area contributed by atoms with E-state index < -0.39 is 48.6 Å². The third-order valence-electron chi connectivity index (χ3n) is 6.86. The van der Waals surface area contributed by atoms with Crippen LogP contribution in [0.4, 0.5) is 0 Å². The Bertz CT molecular complexity index is 1100. The molecule has 1 aromatic carbocycles. The zero-order chi connectivity index (χ0) is 26.4. The Balaban J connectivity index is 1.69. The van der Waals surface area contributed by atoms with E-state index in [2.05, 4.69) is 15.6 Å². The maximum atomic E-state index is 13.2. The van der Waals surface area contributed by atoms with Gasteiger partial charge in [0.25, 0.3) is 0 Å². The summed E-state index contributed by atoms with van der Waals surface area (Å²) in [6.45, 7) is 3.20. The number of carboxylic acids is 1. The number of aliphatic carboxylic acids is 1. The van der Waals surface area contributed by atoms with Crippen molar-refractivity contribution in [2.75, 3.05) is 13.2 Å². The summed E-state index contributed by atoms with van der Waals surface area (Å²) < 4.78 is 0. The lowest BCUT2D eigenvalue weighted by Gasteiger charge is -2.30. The molecule has 5 atom stereocenters. The molecule has 0 aliphatic carbocycles. The number of nitrogens with one attached hydrogen (secondary N) is 3. The number of hydrogen-bond acceptors (Lipinski definition) is 6. The number of para-hydroxylation sites is 1. The standard InChI is InChI=1S/C25H35N5O6/c1-3-14(2)21(23(33)28-19(13-31)25(35)36)29-22(32)20-9-6-10-30(20)24(34)17(26)11-15-12-27-18-8-5-4-7-16(15)18/h4-5,7-8,12,14,17,19-21,27,31H,3,6,9-11,13,26H2,1-2H3,(H,28,33)(H,29,32)(H,35,36). The van der Waals surface area contributed by atoms with Crippen LogP contribution < -0.4 is 16.4 Å². The van der Waals surface area contributed by atoms with Crippen LogP contribution in [-0.2, 0) is 25.6 Å². The number of carbonyl (C=O) groups is 4. The maximum absolute atomic E-state index is 13.2. The summed E-state index contributed by atoms with van der Waals surface area (Å²) >= 11 is 0. The summed E-state index contributed by atoms with van der Waals surface area (Å²) in [6, 6.07) is 3.61. The Morgan fingerprint density at radius 1 is 1.22 bits per heavy atom. The quantitative estimate of drug-likeness (QED) is 0.253. The molecule has 11 heteroatoms. The number of fused-ring (bicyclic) bond motifs is 1. The van der Waals surface area contributed by atoms with Gasteiger partial charge in [-0.2, -0.15) is 0 Å². The molecular weight excluding hydrogens is 466 g/mol. The SMILES string of the molecule is CCC(C)C(NC(=O)C1CCCN1C(=O)C(N)Cc1c[nH]c2ccccc12)C(=O)NC(CO)C(=O)O. The van der Waals surface area contributed by atoms with Crippen molar-refractivity contribution < 1.29 is 29.4 Å². The molecule has 11 nitrogen and oxygen atoms in total. The highest BCUT2D eigenvalue weighted by atomic mass is 16.4. The smallest absolute Gasteiger partial charge is 0.328 e. The van der Waals surface area contributed by atoms with Gasteiger partial charge in [-0.1, -0.05) is 38.5 Å². The van der Waals surface area contributed by atoms with Crippen molar-refractivity contribution in [3.05, 3.63) is 36.0 Å². The Morgan fingerprint density at radius 2 is 1.94 bits per heavy atom. The first-order valence-electron chi connectivity index (χ1n) is 12.2. The molecule has 3 amide bonds. The van der Waals surface area contributed by atoms with E-state index in [1.807, 2.05) is 37.4 Å². The molecule has 1 fully saturated rings.